The van der Waals surface area contributed by atoms with Crippen LogP contribution in [0, 0.1) is 0 Å². The molecule has 2 rings (SSSR count). The van der Waals surface area contributed by atoms with Gasteiger partial charge in [-0.3, -0.25) is 0 Å². The van der Waals surface area contributed by atoms with E-state index in [1.807, 2.05) is 18.2 Å². The first-order valence-corrected chi connectivity index (χ1v) is 8.01. The third-order valence-corrected chi connectivity index (χ3v) is 4.50. The van der Waals surface area contributed by atoms with Crippen LogP contribution < -0.4 is 10.5 Å². The van der Waals surface area contributed by atoms with E-state index in [9.17, 15) is 0 Å². The largest absolute Gasteiger partial charge is 0.495 e. The predicted octanol–water partition coefficient (Wildman–Crippen LogP) is 5.58. The van der Waals surface area contributed by atoms with Crippen LogP contribution in [-0.4, -0.2) is 7.11 Å². The zero-order chi connectivity index (χ0) is 14.9. The Balaban J connectivity index is 2.55. The number of rotatable bonds is 3. The van der Waals surface area contributed by atoms with E-state index in [1.54, 1.807) is 19.2 Å². The van der Waals surface area contributed by atoms with Crippen molar-refractivity contribution in [3.63, 3.8) is 0 Å². The van der Waals surface area contributed by atoms with Crippen LogP contribution in [0.25, 0.3) is 0 Å². The minimum atomic E-state index is -0.430. The smallest absolute Gasteiger partial charge is 0.138 e. The Morgan fingerprint density at radius 2 is 1.80 bits per heavy atom. The molecule has 0 radical (unpaired) electrons. The van der Waals surface area contributed by atoms with Crippen LogP contribution in [0.4, 0.5) is 0 Å². The molecule has 0 saturated heterocycles. The van der Waals surface area contributed by atoms with Gasteiger partial charge in [-0.2, -0.15) is 0 Å². The Hall–Kier alpha value is -0.260. The van der Waals surface area contributed by atoms with Crippen molar-refractivity contribution in [2.75, 3.05) is 7.11 Å². The van der Waals surface area contributed by atoms with E-state index in [-0.39, 0.29) is 0 Å². The van der Waals surface area contributed by atoms with Crippen LogP contribution in [0.1, 0.15) is 17.2 Å². The summed E-state index contributed by atoms with van der Waals surface area (Å²) >= 11 is 19.1. The summed E-state index contributed by atoms with van der Waals surface area (Å²) in [5, 5.41) is 1.17. The summed E-state index contributed by atoms with van der Waals surface area (Å²) in [5.74, 6) is 0.654. The normalized spacial score (nSPS) is 12.3. The Morgan fingerprint density at radius 3 is 2.40 bits per heavy atom. The summed E-state index contributed by atoms with van der Waals surface area (Å²) in [4.78, 5) is 0. The average Bonchev–Trinajstić information content (AvgIpc) is 2.37. The molecule has 0 amide bonds. The molecule has 0 aliphatic heterocycles. The molecular formula is C14H11Br2Cl2NO. The molecule has 0 aliphatic carbocycles. The molecule has 2 aromatic rings. The van der Waals surface area contributed by atoms with Gasteiger partial charge in [-0.15, -0.1) is 0 Å². The highest BCUT2D eigenvalue weighted by Crippen LogP contribution is 2.39. The minimum Gasteiger partial charge on any atom is -0.495 e. The second kappa shape index (κ2) is 6.67. The van der Waals surface area contributed by atoms with E-state index < -0.39 is 6.04 Å². The summed E-state index contributed by atoms with van der Waals surface area (Å²) in [6.07, 6.45) is 0. The Bertz CT molecular complexity index is 649. The number of hydrogen-bond acceptors (Lipinski definition) is 2. The number of nitrogens with two attached hydrogens (primary N) is 1. The zero-order valence-electron chi connectivity index (χ0n) is 10.5. The highest BCUT2D eigenvalue weighted by atomic mass is 79.9. The number of halogens is 4. The van der Waals surface area contributed by atoms with Crippen LogP contribution in [0.2, 0.25) is 10.0 Å². The summed E-state index contributed by atoms with van der Waals surface area (Å²) in [7, 11) is 1.59. The fourth-order valence-electron chi connectivity index (χ4n) is 1.95. The molecule has 0 spiro atoms. The van der Waals surface area contributed by atoms with Crippen molar-refractivity contribution < 1.29 is 4.74 Å². The van der Waals surface area contributed by atoms with Gasteiger partial charge in [0.25, 0.3) is 0 Å². The van der Waals surface area contributed by atoms with Crippen LogP contribution in [0.5, 0.6) is 5.75 Å². The second-order valence-corrected chi connectivity index (χ2v) is 6.77. The number of ether oxygens (including phenoxy) is 1. The van der Waals surface area contributed by atoms with Gasteiger partial charge in [-0.25, -0.2) is 0 Å². The molecule has 0 fully saturated rings. The first kappa shape index (κ1) is 16.1. The molecule has 106 valence electrons. The summed E-state index contributed by atoms with van der Waals surface area (Å²) in [6, 6.07) is 8.70. The maximum atomic E-state index is 6.32. The monoisotopic (exact) mass is 437 g/mol. The predicted molar refractivity (Wildman–Crippen MR) is 90.9 cm³/mol. The van der Waals surface area contributed by atoms with Gasteiger partial charge in [0, 0.05) is 20.1 Å². The minimum absolute atomic E-state index is 0.430. The SMILES string of the molecule is COc1c(Br)cc(Cl)cc1C(N)c1ccc(Br)cc1Cl. The quantitative estimate of drug-likeness (QED) is 0.678. The lowest BCUT2D eigenvalue weighted by Gasteiger charge is -2.19. The molecule has 0 aromatic heterocycles. The fourth-order valence-corrected chi connectivity index (χ4v) is 3.73. The van der Waals surface area contributed by atoms with Crippen molar-refractivity contribution in [1.29, 1.82) is 0 Å². The van der Waals surface area contributed by atoms with E-state index in [2.05, 4.69) is 31.9 Å². The van der Waals surface area contributed by atoms with Gasteiger partial charge >= 0.3 is 0 Å². The van der Waals surface area contributed by atoms with Crippen molar-refractivity contribution in [2.45, 2.75) is 6.04 Å². The molecule has 2 aromatic carbocycles. The molecule has 0 saturated carbocycles. The molecular weight excluding hydrogens is 429 g/mol. The van der Waals surface area contributed by atoms with Gasteiger partial charge in [-0.1, -0.05) is 45.2 Å². The average molecular weight is 440 g/mol. The van der Waals surface area contributed by atoms with E-state index >= 15 is 0 Å². The Kier molecular flexibility index (Phi) is 5.37. The van der Waals surface area contributed by atoms with Crippen molar-refractivity contribution in [2.24, 2.45) is 5.73 Å². The topological polar surface area (TPSA) is 35.2 Å². The molecule has 0 heterocycles. The van der Waals surface area contributed by atoms with Crippen molar-refractivity contribution in [3.05, 3.63) is 60.4 Å². The van der Waals surface area contributed by atoms with Gasteiger partial charge in [0.15, 0.2) is 0 Å². The van der Waals surface area contributed by atoms with Crippen molar-refractivity contribution in [1.82, 2.24) is 0 Å². The Labute approximate surface area is 144 Å². The molecule has 6 heteroatoms. The first-order valence-electron chi connectivity index (χ1n) is 5.67. The van der Waals surface area contributed by atoms with Crippen molar-refractivity contribution >= 4 is 55.1 Å². The lowest BCUT2D eigenvalue weighted by Crippen LogP contribution is -2.14. The highest BCUT2D eigenvalue weighted by molar-refractivity contribution is 9.10. The summed E-state index contributed by atoms with van der Waals surface area (Å²) in [6.45, 7) is 0. The zero-order valence-corrected chi connectivity index (χ0v) is 15.1. The van der Waals surface area contributed by atoms with E-state index in [1.165, 1.54) is 0 Å². The lowest BCUT2D eigenvalue weighted by atomic mass is 9.98. The van der Waals surface area contributed by atoms with Gasteiger partial charge in [0.1, 0.15) is 5.75 Å². The Morgan fingerprint density at radius 1 is 1.10 bits per heavy atom. The van der Waals surface area contributed by atoms with E-state index in [4.69, 9.17) is 33.7 Å². The number of methoxy groups -OCH3 is 1. The van der Waals surface area contributed by atoms with Gasteiger partial charge in [-0.05, 0) is 45.8 Å². The van der Waals surface area contributed by atoms with Gasteiger partial charge < -0.3 is 10.5 Å². The van der Waals surface area contributed by atoms with Crippen LogP contribution in [0.15, 0.2) is 39.3 Å². The molecule has 1 atom stereocenters. The number of hydrogen-bond donors (Lipinski definition) is 1. The van der Waals surface area contributed by atoms with E-state index in [0.717, 1.165) is 20.1 Å². The molecule has 2 nitrogen and oxygen atoms in total. The molecule has 2 N–H and O–H groups in total. The van der Waals surface area contributed by atoms with Gasteiger partial charge in [0.2, 0.25) is 0 Å². The van der Waals surface area contributed by atoms with Crippen LogP contribution >= 0.6 is 55.1 Å². The van der Waals surface area contributed by atoms with Crippen LogP contribution in [0.3, 0.4) is 0 Å². The third kappa shape index (κ3) is 3.31. The summed E-state index contributed by atoms with van der Waals surface area (Å²) in [5.41, 5.74) is 7.90. The fraction of sp³-hybridized carbons (Fsp3) is 0.143. The van der Waals surface area contributed by atoms with Gasteiger partial charge in [0.05, 0.1) is 17.6 Å². The maximum absolute atomic E-state index is 6.32. The maximum Gasteiger partial charge on any atom is 0.138 e. The first-order chi connectivity index (χ1) is 9.43. The van der Waals surface area contributed by atoms with Crippen molar-refractivity contribution in [3.8, 4) is 5.75 Å². The molecule has 0 aliphatic rings. The summed E-state index contributed by atoms with van der Waals surface area (Å²) < 4.78 is 7.06. The molecule has 0 bridgehead atoms. The second-order valence-electron chi connectivity index (χ2n) is 4.15. The third-order valence-electron chi connectivity index (χ3n) is 2.87. The number of benzene rings is 2. The van der Waals surface area contributed by atoms with E-state index in [0.29, 0.717) is 15.8 Å². The standard InChI is InChI=1S/C14H11Br2Cl2NO/c1-20-14-10(5-8(17)6-11(14)16)13(19)9-3-2-7(15)4-12(9)18/h2-6,13H,19H2,1H3. The highest BCUT2D eigenvalue weighted by Gasteiger charge is 2.19. The van der Waals surface area contributed by atoms with Crippen LogP contribution in [-0.2, 0) is 0 Å². The molecule has 1 unspecified atom stereocenters. The molecule has 20 heavy (non-hydrogen) atoms. The lowest BCUT2D eigenvalue weighted by molar-refractivity contribution is 0.405.